The molecule has 3 heterocycles. The van der Waals surface area contributed by atoms with Crippen molar-refractivity contribution in [3.63, 3.8) is 0 Å². The molecule has 1 aromatic rings. The molecular weight excluding hydrogens is 377 g/mol. The molecule has 1 saturated carbocycles. The van der Waals surface area contributed by atoms with Gasteiger partial charge in [0.25, 0.3) is 0 Å². The maximum atomic E-state index is 12.7. The van der Waals surface area contributed by atoms with Crippen LogP contribution >= 0.6 is 0 Å². The van der Waals surface area contributed by atoms with Crippen molar-refractivity contribution in [2.24, 2.45) is 5.41 Å². The van der Waals surface area contributed by atoms with Crippen molar-refractivity contribution in [2.45, 2.75) is 56.7 Å². The highest BCUT2D eigenvalue weighted by molar-refractivity contribution is 7.92. The highest BCUT2D eigenvalue weighted by Gasteiger charge is 2.50. The number of alkyl halides is 3. The predicted octanol–water partition coefficient (Wildman–Crippen LogP) is 3.64. The van der Waals surface area contributed by atoms with Gasteiger partial charge < -0.3 is 4.90 Å². The zero-order valence-electron chi connectivity index (χ0n) is 15.2. The highest BCUT2D eigenvalue weighted by Crippen LogP contribution is 2.44. The van der Waals surface area contributed by atoms with E-state index in [4.69, 9.17) is 0 Å². The quantitative estimate of drug-likeness (QED) is 0.758. The number of piperidine rings is 1. The van der Waals surface area contributed by atoms with E-state index >= 15 is 0 Å². The van der Waals surface area contributed by atoms with E-state index in [0.29, 0.717) is 17.5 Å². The maximum Gasteiger partial charge on any atom is 0.433 e. The lowest BCUT2D eigenvalue weighted by Gasteiger charge is -2.49. The number of hydrogen-bond donors (Lipinski definition) is 0. The molecular formula is C19H25F3N2O2S. The van der Waals surface area contributed by atoms with Crippen molar-refractivity contribution in [1.82, 2.24) is 9.88 Å². The Morgan fingerprint density at radius 2 is 1.81 bits per heavy atom. The lowest BCUT2D eigenvalue weighted by atomic mass is 9.77. The van der Waals surface area contributed by atoms with Gasteiger partial charge in [0.15, 0.2) is 9.84 Å². The van der Waals surface area contributed by atoms with Crippen molar-refractivity contribution in [1.29, 1.82) is 0 Å². The molecule has 2 saturated heterocycles. The monoisotopic (exact) mass is 402 g/mol. The van der Waals surface area contributed by atoms with Crippen molar-refractivity contribution >= 4 is 9.84 Å². The van der Waals surface area contributed by atoms with Crippen LogP contribution in [-0.2, 0) is 16.0 Å². The van der Waals surface area contributed by atoms with E-state index in [9.17, 15) is 21.6 Å². The molecule has 0 amide bonds. The van der Waals surface area contributed by atoms with Gasteiger partial charge in [-0.05, 0) is 62.7 Å². The van der Waals surface area contributed by atoms with Crippen LogP contribution in [0.1, 0.15) is 55.7 Å². The third-order valence-electron chi connectivity index (χ3n) is 6.62. The molecule has 2 atom stereocenters. The van der Waals surface area contributed by atoms with Gasteiger partial charge in [-0.3, -0.25) is 4.98 Å². The van der Waals surface area contributed by atoms with E-state index in [1.807, 2.05) is 0 Å². The molecule has 0 unspecified atom stereocenters. The summed E-state index contributed by atoms with van der Waals surface area (Å²) in [4.78, 5) is 6.09. The Morgan fingerprint density at radius 3 is 2.37 bits per heavy atom. The number of halogens is 3. The molecule has 0 aromatic carbocycles. The summed E-state index contributed by atoms with van der Waals surface area (Å²) in [5, 5.41) is 0. The zero-order valence-corrected chi connectivity index (χ0v) is 16.0. The average Bonchev–Trinajstić information content (AvgIpc) is 2.60. The normalized spacial score (nSPS) is 30.8. The third-order valence-corrected chi connectivity index (χ3v) is 8.73. The maximum absolute atomic E-state index is 12.7. The Bertz CT molecular complexity index is 770. The van der Waals surface area contributed by atoms with Crippen molar-refractivity contribution in [2.75, 3.05) is 24.6 Å². The van der Waals surface area contributed by atoms with Gasteiger partial charge in [-0.2, -0.15) is 13.2 Å². The number of nitrogens with zero attached hydrogens (tertiary/aromatic N) is 2. The minimum Gasteiger partial charge on any atom is -0.300 e. The van der Waals surface area contributed by atoms with Crippen LogP contribution in [0.25, 0.3) is 0 Å². The molecule has 27 heavy (non-hydrogen) atoms. The fourth-order valence-electron chi connectivity index (χ4n) is 5.16. The van der Waals surface area contributed by atoms with Crippen molar-refractivity contribution in [3.05, 3.63) is 29.6 Å². The van der Waals surface area contributed by atoms with E-state index in [-0.39, 0.29) is 11.3 Å². The van der Waals surface area contributed by atoms with Crippen LogP contribution in [-0.4, -0.2) is 48.9 Å². The molecule has 8 heteroatoms. The molecule has 0 bridgehead atoms. The summed E-state index contributed by atoms with van der Waals surface area (Å²) in [7, 11) is -2.80. The topological polar surface area (TPSA) is 50.3 Å². The Kier molecular flexibility index (Phi) is 4.78. The summed E-state index contributed by atoms with van der Waals surface area (Å²) in [6, 6.07) is 3.09. The molecule has 0 N–H and O–H groups in total. The smallest absolute Gasteiger partial charge is 0.300 e. The molecule has 1 spiro atoms. The summed E-state index contributed by atoms with van der Waals surface area (Å²) in [5.41, 5.74) is 0.0717. The second-order valence-electron chi connectivity index (χ2n) is 8.56. The second-order valence-corrected chi connectivity index (χ2v) is 10.6. The number of hydrogen-bond acceptors (Lipinski definition) is 4. The molecule has 2 aliphatic heterocycles. The van der Waals surface area contributed by atoms with E-state index in [2.05, 4.69) is 9.88 Å². The SMILES string of the molecule is O=S1(=O)CC2(CCN([C@H]3CCC[C@@H](c4ccc(C(F)(F)F)nc4)C3)CC2)C1. The third kappa shape index (κ3) is 4.01. The average molecular weight is 402 g/mol. The number of aromatic nitrogens is 1. The van der Waals surface area contributed by atoms with E-state index in [1.165, 1.54) is 6.20 Å². The van der Waals surface area contributed by atoms with E-state index in [0.717, 1.165) is 63.2 Å². The zero-order chi connectivity index (χ0) is 19.3. The Labute approximate surface area is 158 Å². The van der Waals surface area contributed by atoms with Crippen LogP contribution in [0.2, 0.25) is 0 Å². The molecule has 3 fully saturated rings. The van der Waals surface area contributed by atoms with Crippen LogP contribution in [0.5, 0.6) is 0 Å². The first kappa shape index (κ1) is 19.2. The number of sulfone groups is 1. The standard InChI is InChI=1S/C19H25F3N2O2S/c20-19(21,22)17-5-4-15(11-23-17)14-2-1-3-16(10-14)24-8-6-18(7-9-24)12-27(25,26)13-18/h4-5,11,14,16H,1-3,6-10,12-13H2/t14-,16+/m1/s1. The van der Waals surface area contributed by atoms with Gasteiger partial charge in [0.05, 0.1) is 11.5 Å². The van der Waals surface area contributed by atoms with Crippen LogP contribution in [0.4, 0.5) is 13.2 Å². The molecule has 3 aliphatic rings. The van der Waals surface area contributed by atoms with Gasteiger partial charge in [-0.1, -0.05) is 12.5 Å². The van der Waals surface area contributed by atoms with E-state index < -0.39 is 21.7 Å². The first-order valence-corrected chi connectivity index (χ1v) is 11.5. The highest BCUT2D eigenvalue weighted by atomic mass is 32.2. The molecule has 1 aromatic heterocycles. The molecule has 4 nitrogen and oxygen atoms in total. The predicted molar refractivity (Wildman–Crippen MR) is 96.1 cm³/mol. The van der Waals surface area contributed by atoms with Crippen molar-refractivity contribution < 1.29 is 21.6 Å². The summed E-state index contributed by atoms with van der Waals surface area (Å²) in [5.74, 6) is 0.940. The van der Waals surface area contributed by atoms with Crippen LogP contribution in [0, 0.1) is 5.41 Å². The fourth-order valence-corrected chi connectivity index (χ4v) is 7.51. The van der Waals surface area contributed by atoms with Gasteiger partial charge >= 0.3 is 6.18 Å². The first-order valence-electron chi connectivity index (χ1n) is 9.64. The summed E-state index contributed by atoms with van der Waals surface area (Å²) in [6.07, 6.45) is 2.97. The van der Waals surface area contributed by atoms with Crippen LogP contribution < -0.4 is 0 Å². The van der Waals surface area contributed by atoms with Gasteiger partial charge in [0.1, 0.15) is 5.69 Å². The Morgan fingerprint density at radius 1 is 1.11 bits per heavy atom. The van der Waals surface area contributed by atoms with E-state index in [1.54, 1.807) is 6.07 Å². The van der Waals surface area contributed by atoms with Gasteiger partial charge in [0.2, 0.25) is 0 Å². The van der Waals surface area contributed by atoms with Crippen LogP contribution in [0.15, 0.2) is 18.3 Å². The summed E-state index contributed by atoms with van der Waals surface area (Å²) < 4.78 is 61.2. The van der Waals surface area contributed by atoms with Crippen molar-refractivity contribution in [3.8, 4) is 0 Å². The molecule has 1 aliphatic carbocycles. The van der Waals surface area contributed by atoms with Gasteiger partial charge in [-0.25, -0.2) is 8.42 Å². The first-order chi connectivity index (χ1) is 12.7. The molecule has 150 valence electrons. The largest absolute Gasteiger partial charge is 0.433 e. The van der Waals surface area contributed by atoms with Gasteiger partial charge in [0, 0.05) is 17.7 Å². The Hall–Kier alpha value is -1.15. The summed E-state index contributed by atoms with van der Waals surface area (Å²) >= 11 is 0. The minimum absolute atomic E-state index is 0.0146. The summed E-state index contributed by atoms with van der Waals surface area (Å²) in [6.45, 7) is 1.86. The second kappa shape index (κ2) is 6.72. The molecule has 4 rings (SSSR count). The number of likely N-dealkylation sites (tertiary alicyclic amines) is 1. The van der Waals surface area contributed by atoms with Gasteiger partial charge in [-0.15, -0.1) is 0 Å². The molecule has 0 radical (unpaired) electrons. The fraction of sp³-hybridized carbons (Fsp3) is 0.737. The lowest BCUT2D eigenvalue weighted by Crippen LogP contribution is -2.56. The lowest BCUT2D eigenvalue weighted by molar-refractivity contribution is -0.141. The minimum atomic E-state index is -4.40. The van der Waals surface area contributed by atoms with Crippen LogP contribution in [0.3, 0.4) is 0 Å². The number of pyridine rings is 1. The number of rotatable bonds is 2. The Balaban J connectivity index is 1.36.